The highest BCUT2D eigenvalue weighted by molar-refractivity contribution is 7.95. The molecule has 12 N–H and O–H groups in total. The number of phenols is 1. The highest BCUT2D eigenvalue weighted by atomic mass is 32.3. The highest BCUT2D eigenvalue weighted by Gasteiger charge is 2.25. The summed E-state index contributed by atoms with van der Waals surface area (Å²) in [5.74, 6) is -3.23. The molecule has 90 heavy (non-hydrogen) atoms. The largest absolute Gasteiger partial charge is 0.505 e. The van der Waals surface area contributed by atoms with Crippen LogP contribution in [0.5, 0.6) is 5.75 Å². The van der Waals surface area contributed by atoms with E-state index in [1.54, 1.807) is 0 Å². The molecule has 0 saturated heterocycles. The first-order valence-electron chi connectivity index (χ1n) is 23.5. The van der Waals surface area contributed by atoms with E-state index in [0.717, 1.165) is 62.4 Å². The van der Waals surface area contributed by atoms with E-state index >= 15 is 0 Å². The third kappa shape index (κ3) is 20.6. The van der Waals surface area contributed by atoms with Gasteiger partial charge in [0, 0.05) is 24.6 Å². The predicted molar refractivity (Wildman–Crippen MR) is 308 cm³/mol. The number of nitrogens with zero attached hydrogens (tertiary/aromatic N) is 8. The lowest BCUT2D eigenvalue weighted by molar-refractivity contribution is -0.432. The van der Waals surface area contributed by atoms with Crippen LogP contribution in [-0.4, -0.2) is 112 Å². The number of nitrogen functional groups attached to an aromatic ring is 1. The molecular weight excluding hydrogens is 1380 g/mol. The third-order valence-electron chi connectivity index (χ3n) is 10.8. The zero-order valence-corrected chi connectivity index (χ0v) is 51.2. The second-order valence-corrected chi connectivity index (χ2v) is 26.3. The van der Waals surface area contributed by atoms with Gasteiger partial charge in [-0.25, -0.2) is 32.6 Å². The average molecular weight is 1420 g/mol. The van der Waals surface area contributed by atoms with E-state index in [0.29, 0.717) is 6.07 Å². The molecule has 0 aliphatic rings. The molecule has 0 aliphatic carbocycles. The fourth-order valence-electron chi connectivity index (χ4n) is 7.21. The van der Waals surface area contributed by atoms with Crippen molar-refractivity contribution in [2.45, 2.75) is 56.1 Å². The number of carbonyl (C=O) groups excluding carboxylic acids is 2. The summed E-state index contributed by atoms with van der Waals surface area (Å²) in [5.41, 5.74) is 2.56. The lowest BCUT2D eigenvalue weighted by Gasteiger charge is -2.13. The van der Waals surface area contributed by atoms with Gasteiger partial charge in [-0.2, -0.15) is 33.7 Å². The van der Waals surface area contributed by atoms with Crippen molar-refractivity contribution in [3.05, 3.63) is 84.4 Å². The van der Waals surface area contributed by atoms with Gasteiger partial charge in [-0.1, -0.05) is 21.2 Å². The predicted octanol–water partition coefficient (Wildman–Crippen LogP) is 9.83. The second kappa shape index (κ2) is 31.2. The van der Waals surface area contributed by atoms with Crippen LogP contribution in [0.4, 0.5) is 62.6 Å². The lowest BCUT2D eigenvalue weighted by Crippen LogP contribution is -2.15. The summed E-state index contributed by atoms with van der Waals surface area (Å²) in [7, 11) is -24.5. The number of anilines is 3. The minimum Gasteiger partial charge on any atom is -0.505 e. The second-order valence-electron chi connectivity index (χ2n) is 17.0. The number of hydrogen-bond donors (Lipinski definition) is 11. The maximum Gasteiger partial charge on any atom is 0.397 e. The Morgan fingerprint density at radius 3 is 1.58 bits per heavy atom. The number of aryl methyl sites for hydroxylation is 1. The standard InChI is InChI=1S/C43H41N11O28S8/c1-21(55)45-30-17-34(37(84-81-78-59)19-32(30)49-47-28-10-6-24(15-36(28)83-80-77-58)86(61,62)13-12-76-90(72,73)74)51-53-41-26-16-38(85-82-79-60)42(43(57)25(26)7-8-27(41)44)54-52-35-18-31(46-22(2)56)33(20-40(35)88(66,67)68)50-48-29-9-5-23(14-39(29)87(63,64)65)4-3-11-75-89(69,70)71/h5-10,14-20,57-60H,3-4,11-13,44H2,1-2H3,(H,45,55)(H,46,56)(H,63,64,65)(H,66,67,68)(H,69,70,71)(H,72,73,74). The fraction of sp³-hybridized carbons (Fsp3) is 0.163. The van der Waals surface area contributed by atoms with Gasteiger partial charge >= 0.3 is 20.8 Å². The summed E-state index contributed by atoms with van der Waals surface area (Å²) in [5, 5.41) is 86.9. The Labute approximate surface area is 518 Å². The highest BCUT2D eigenvalue weighted by Crippen LogP contribution is 2.49. The zero-order valence-electron chi connectivity index (χ0n) is 44.7. The quantitative estimate of drug-likeness (QED) is 0.00366. The number of sulfone groups is 1. The van der Waals surface area contributed by atoms with E-state index in [9.17, 15) is 65.9 Å². The Morgan fingerprint density at radius 1 is 0.511 bits per heavy atom. The lowest BCUT2D eigenvalue weighted by atomic mass is 10.1. The summed E-state index contributed by atoms with van der Waals surface area (Å²) < 4.78 is 180. The van der Waals surface area contributed by atoms with Crippen LogP contribution in [0, 0.1) is 0 Å². The van der Waals surface area contributed by atoms with Crippen LogP contribution in [0.1, 0.15) is 25.8 Å². The Bertz CT molecular complexity index is 4450. The molecule has 6 aromatic carbocycles. The molecule has 0 unspecified atom stereocenters. The first kappa shape index (κ1) is 71.8. The number of carbonyl (C=O) groups is 2. The first-order valence-corrected chi connectivity index (χ1v) is 33.0. The van der Waals surface area contributed by atoms with Gasteiger partial charge in [-0.05, 0) is 91.2 Å². The van der Waals surface area contributed by atoms with Gasteiger partial charge in [-0.15, -0.1) is 53.9 Å². The number of amides is 2. The number of aromatic hydroxyl groups is 1. The molecular formula is C43H41N11O28S8. The Kier molecular flexibility index (Phi) is 24.9. The van der Waals surface area contributed by atoms with Crippen molar-refractivity contribution in [1.29, 1.82) is 0 Å². The molecule has 0 aliphatic heterocycles. The number of benzene rings is 6. The summed E-state index contributed by atoms with van der Waals surface area (Å²) in [4.78, 5) is 21.9. The summed E-state index contributed by atoms with van der Waals surface area (Å²) in [6, 6.07) is 13.8. The average Bonchev–Trinajstić information content (AvgIpc) is 0.800. The number of fused-ring (bicyclic) bond motifs is 1. The van der Waals surface area contributed by atoms with Crippen LogP contribution in [0.25, 0.3) is 10.8 Å². The van der Waals surface area contributed by atoms with Crippen molar-refractivity contribution in [3.63, 3.8) is 0 Å². The Morgan fingerprint density at radius 2 is 1.00 bits per heavy atom. The van der Waals surface area contributed by atoms with Crippen molar-refractivity contribution in [2.24, 2.45) is 40.9 Å². The number of hydrogen-bond acceptors (Lipinski definition) is 36. The molecule has 0 fully saturated rings. The van der Waals surface area contributed by atoms with Crippen LogP contribution in [0.15, 0.2) is 149 Å². The van der Waals surface area contributed by atoms with E-state index in [-0.39, 0.29) is 114 Å². The van der Waals surface area contributed by atoms with Crippen LogP contribution < -0.4 is 16.4 Å². The molecule has 0 spiro atoms. The number of phenolic OH excluding ortho intramolecular Hbond substituents is 1. The number of nitrogens with two attached hydrogens (primary N) is 1. The first-order chi connectivity index (χ1) is 42.2. The maximum atomic E-state index is 12.9. The van der Waals surface area contributed by atoms with Crippen molar-refractivity contribution in [3.8, 4) is 5.75 Å². The molecule has 0 heterocycles. The van der Waals surface area contributed by atoms with Crippen LogP contribution in [0.2, 0.25) is 0 Å². The molecule has 47 heteroatoms. The fourth-order valence-corrected chi connectivity index (χ4v) is 11.8. The smallest absolute Gasteiger partial charge is 0.397 e. The molecule has 6 aromatic rings. The van der Waals surface area contributed by atoms with Gasteiger partial charge in [0.15, 0.2) is 15.6 Å². The van der Waals surface area contributed by atoms with Crippen molar-refractivity contribution in [1.82, 2.24) is 0 Å². The Balaban J connectivity index is 1.42. The number of azo groups is 4. The van der Waals surface area contributed by atoms with Crippen LogP contribution >= 0.6 is 36.1 Å². The van der Waals surface area contributed by atoms with Crippen molar-refractivity contribution >= 4 is 172 Å². The molecule has 6 rings (SSSR count). The minimum atomic E-state index is -5.37. The number of nitrogens with one attached hydrogen (secondary N) is 2. The van der Waals surface area contributed by atoms with Gasteiger partial charge in [0.25, 0.3) is 20.2 Å². The van der Waals surface area contributed by atoms with Crippen LogP contribution in [0.3, 0.4) is 0 Å². The van der Waals surface area contributed by atoms with E-state index in [4.69, 9.17) is 30.6 Å². The number of rotatable bonds is 31. The third-order valence-corrected chi connectivity index (χ3v) is 17.1. The summed E-state index contributed by atoms with van der Waals surface area (Å²) in [6.45, 7) is 0.646. The minimum absolute atomic E-state index is 0.0429. The SMILES string of the molecule is CC(=O)Nc1cc(N=Nc2c(N)ccc3c(O)c(N=Nc4cc(NC(C)=O)c(N=Nc5ccc(CCCOS(=O)(=O)O)cc5S(=O)(=O)O)cc4S(=O)(=O)O)c(SOOO)cc23)c(SOOO)cc1N=Nc1ccc(S(=O)(=O)CCOS(=O)(=O)O)cc1SOOO. The molecule has 39 nitrogen and oxygen atoms in total. The molecule has 0 aromatic heterocycles. The van der Waals surface area contributed by atoms with E-state index in [1.165, 1.54) is 24.3 Å². The molecule has 0 atom stereocenters. The van der Waals surface area contributed by atoms with Gasteiger partial charge in [0.1, 0.15) is 55.3 Å². The molecule has 2 amide bonds. The monoisotopic (exact) mass is 1410 g/mol. The van der Waals surface area contributed by atoms with Gasteiger partial charge in [0.2, 0.25) is 11.8 Å². The topological polar surface area (TPSA) is 589 Å². The molecule has 484 valence electrons. The van der Waals surface area contributed by atoms with E-state index in [1.807, 2.05) is 0 Å². The van der Waals surface area contributed by atoms with E-state index in [2.05, 4.69) is 88.0 Å². The maximum absolute atomic E-state index is 12.9. The van der Waals surface area contributed by atoms with E-state index < -0.39 is 131 Å². The zero-order chi connectivity index (χ0) is 66.4. The summed E-state index contributed by atoms with van der Waals surface area (Å²) >= 11 is 0.684. The van der Waals surface area contributed by atoms with Crippen molar-refractivity contribution in [2.75, 3.05) is 35.3 Å². The molecule has 0 saturated carbocycles. The van der Waals surface area contributed by atoms with Gasteiger partial charge in [0.05, 0.1) is 91.7 Å². The Hall–Kier alpha value is -7.28. The van der Waals surface area contributed by atoms with Crippen LogP contribution in [-0.2, 0) is 103 Å². The van der Waals surface area contributed by atoms with Gasteiger partial charge < -0.3 is 21.5 Å². The molecule has 0 radical (unpaired) electrons. The van der Waals surface area contributed by atoms with Crippen molar-refractivity contribution < 1.29 is 127 Å². The normalized spacial score (nSPS) is 12.8. The summed E-state index contributed by atoms with van der Waals surface area (Å²) in [6.07, 6.45) is -0.104. The molecule has 0 bridgehead atoms. The van der Waals surface area contributed by atoms with Gasteiger partial charge in [-0.3, -0.25) is 27.8 Å².